The van der Waals surface area contributed by atoms with Gasteiger partial charge in [-0.15, -0.1) is 0 Å². The van der Waals surface area contributed by atoms with Crippen molar-refractivity contribution in [2.24, 2.45) is 0 Å². The molecule has 1 heterocycles. The van der Waals surface area contributed by atoms with E-state index in [2.05, 4.69) is 9.55 Å². The number of nitrogens with zero attached hydrogens (tertiary/aromatic N) is 2. The van der Waals surface area contributed by atoms with Gasteiger partial charge in [0, 0.05) is 38.8 Å². The summed E-state index contributed by atoms with van der Waals surface area (Å²) < 4.78 is 2.29. The molecule has 111 valence electrons. The molecule has 1 radical (unpaired) electrons. The fourth-order valence-corrected chi connectivity index (χ4v) is 3.15. The summed E-state index contributed by atoms with van der Waals surface area (Å²) in [6.07, 6.45) is 6.28. The molecule has 21 heavy (non-hydrogen) atoms. The molecule has 5 heteroatoms. The molecule has 0 amide bonds. The Morgan fingerprint density at radius 3 is 2.57 bits per heavy atom. The van der Waals surface area contributed by atoms with Gasteiger partial charge in [-0.2, -0.15) is 0 Å². The molecule has 0 atom stereocenters. The van der Waals surface area contributed by atoms with E-state index >= 15 is 0 Å². The van der Waals surface area contributed by atoms with Gasteiger partial charge in [0.15, 0.2) is 0 Å². The molecule has 0 saturated heterocycles. The molecule has 1 aliphatic rings. The van der Waals surface area contributed by atoms with Crippen LogP contribution in [0.25, 0.3) is 11.0 Å². The zero-order valence-corrected chi connectivity index (χ0v) is 15.5. The van der Waals surface area contributed by atoms with Gasteiger partial charge in [-0.25, -0.2) is 9.78 Å². The van der Waals surface area contributed by atoms with Crippen molar-refractivity contribution in [1.82, 2.24) is 9.55 Å². The first-order valence-electron chi connectivity index (χ1n) is 6.88. The van der Waals surface area contributed by atoms with Crippen molar-refractivity contribution >= 4 is 17.0 Å². The summed E-state index contributed by atoms with van der Waals surface area (Å²) in [5, 5.41) is 9.03. The second-order valence-corrected chi connectivity index (χ2v) is 5.33. The molecule has 0 unspecified atom stereocenters. The second-order valence-electron chi connectivity index (χ2n) is 5.33. The molecular weight excluding hydrogens is 341 g/mol. The molecule has 1 aromatic heterocycles. The van der Waals surface area contributed by atoms with E-state index in [1.165, 1.54) is 32.1 Å². The third-order valence-corrected chi connectivity index (χ3v) is 4.05. The second kappa shape index (κ2) is 7.50. The minimum absolute atomic E-state index is 0. The molecule has 3 rings (SSSR count). The van der Waals surface area contributed by atoms with Gasteiger partial charge < -0.3 is 17.1 Å². The Balaban J connectivity index is 0.00000110. The molecule has 0 aliphatic heterocycles. The van der Waals surface area contributed by atoms with Crippen LogP contribution in [0.1, 0.15) is 54.3 Å². The van der Waals surface area contributed by atoms with Crippen molar-refractivity contribution in [3.8, 4) is 0 Å². The average Bonchev–Trinajstić information content (AvgIpc) is 2.74. The first-order chi connectivity index (χ1) is 9.16. The van der Waals surface area contributed by atoms with Crippen LogP contribution in [0.5, 0.6) is 0 Å². The van der Waals surface area contributed by atoms with Crippen LogP contribution in [0.2, 0.25) is 0 Å². The smallest absolute Gasteiger partial charge is 0.335 e. The molecule has 1 saturated carbocycles. The van der Waals surface area contributed by atoms with Gasteiger partial charge in [-0.1, -0.05) is 19.3 Å². The maximum atomic E-state index is 11.0. The van der Waals surface area contributed by atoms with Gasteiger partial charge in [0.1, 0.15) is 5.82 Å². The number of carbonyl (C=O) groups is 1. The zero-order valence-electron chi connectivity index (χ0n) is 12.7. The number of carboxylic acid groups (broad SMARTS) is 1. The maximum Gasteiger partial charge on any atom is 0.335 e. The van der Waals surface area contributed by atoms with Crippen LogP contribution in [0.3, 0.4) is 0 Å². The summed E-state index contributed by atoms with van der Waals surface area (Å²) >= 11 is 0. The average molecular weight is 362 g/mol. The summed E-state index contributed by atoms with van der Waals surface area (Å²) in [7, 11) is 0. The monoisotopic (exact) mass is 362 g/mol. The van der Waals surface area contributed by atoms with E-state index < -0.39 is 5.97 Å². The number of aromatic nitrogens is 2. The number of fused-ring (bicyclic) bond motifs is 1. The SMILES string of the molecule is Cc1nc2cc(C(=O)O)ccc2n1C1CCCCC1.[CH3-].[Y]. The molecule has 1 N–H and O–H groups in total. The third kappa shape index (κ3) is 3.54. The van der Waals surface area contributed by atoms with Crippen molar-refractivity contribution in [1.29, 1.82) is 0 Å². The summed E-state index contributed by atoms with van der Waals surface area (Å²) in [5.74, 6) is 0.0937. The van der Waals surface area contributed by atoms with E-state index in [1.807, 2.05) is 13.0 Å². The largest absolute Gasteiger partial charge is 0.478 e. The van der Waals surface area contributed by atoms with Crippen LogP contribution < -0.4 is 0 Å². The summed E-state index contributed by atoms with van der Waals surface area (Å²) in [6.45, 7) is 2.01. The Hall–Kier alpha value is -0.736. The van der Waals surface area contributed by atoms with E-state index in [0.717, 1.165) is 16.9 Å². The Kier molecular flexibility index (Phi) is 6.54. The third-order valence-electron chi connectivity index (χ3n) is 4.05. The molecule has 0 spiro atoms. The molecule has 1 aliphatic carbocycles. The minimum atomic E-state index is -0.897. The molecule has 1 aromatic carbocycles. The fourth-order valence-electron chi connectivity index (χ4n) is 3.15. The van der Waals surface area contributed by atoms with Gasteiger partial charge in [0.25, 0.3) is 0 Å². The normalized spacial score (nSPS) is 15.3. The van der Waals surface area contributed by atoms with Gasteiger partial charge in [-0.05, 0) is 38.0 Å². The number of aromatic carboxylic acids is 1. The number of aryl methyl sites for hydroxylation is 1. The number of rotatable bonds is 2. The van der Waals surface area contributed by atoms with E-state index in [9.17, 15) is 4.79 Å². The first-order valence-corrected chi connectivity index (χ1v) is 6.88. The predicted molar refractivity (Wildman–Crippen MR) is 80.0 cm³/mol. The fraction of sp³-hybridized carbons (Fsp3) is 0.438. The van der Waals surface area contributed by atoms with Crippen molar-refractivity contribution in [2.75, 3.05) is 0 Å². The molecule has 4 nitrogen and oxygen atoms in total. The van der Waals surface area contributed by atoms with E-state index in [-0.39, 0.29) is 40.1 Å². The Bertz CT molecular complexity index is 630. The number of imidazole rings is 1. The van der Waals surface area contributed by atoms with Crippen molar-refractivity contribution < 1.29 is 42.6 Å². The maximum absolute atomic E-state index is 11.0. The van der Waals surface area contributed by atoms with Gasteiger partial charge in [0.2, 0.25) is 0 Å². The Morgan fingerprint density at radius 2 is 1.95 bits per heavy atom. The zero-order chi connectivity index (χ0) is 13.4. The van der Waals surface area contributed by atoms with Crippen molar-refractivity contribution in [3.05, 3.63) is 37.0 Å². The Morgan fingerprint density at radius 1 is 1.29 bits per heavy atom. The predicted octanol–water partition coefficient (Wildman–Crippen LogP) is 4.00. The number of benzene rings is 1. The summed E-state index contributed by atoms with van der Waals surface area (Å²) in [6, 6.07) is 5.76. The minimum Gasteiger partial charge on any atom is -0.478 e. The quantitative estimate of drug-likeness (QED) is 0.822. The van der Waals surface area contributed by atoms with E-state index in [1.54, 1.807) is 12.1 Å². The first kappa shape index (κ1) is 18.3. The van der Waals surface area contributed by atoms with Crippen LogP contribution in [0.15, 0.2) is 18.2 Å². The Labute approximate surface area is 150 Å². The summed E-state index contributed by atoms with van der Waals surface area (Å²) in [4.78, 5) is 15.5. The van der Waals surface area contributed by atoms with Crippen LogP contribution in [0.4, 0.5) is 0 Å². The molecule has 1 fully saturated rings. The van der Waals surface area contributed by atoms with Crippen molar-refractivity contribution in [2.45, 2.75) is 45.1 Å². The molecule has 2 aromatic rings. The standard InChI is InChI=1S/C15H18N2O2.CH3.Y/c1-10-16-13-9-11(15(18)19)7-8-14(13)17(10)12-5-3-2-4-6-12;;/h7-9,12H,2-6H2,1H3,(H,18,19);1H3;/q;-1;. The summed E-state index contributed by atoms with van der Waals surface area (Å²) in [5.41, 5.74) is 2.16. The van der Waals surface area contributed by atoms with Gasteiger partial charge in [0.05, 0.1) is 16.6 Å². The van der Waals surface area contributed by atoms with E-state index in [0.29, 0.717) is 11.6 Å². The number of hydrogen-bond donors (Lipinski definition) is 1. The van der Waals surface area contributed by atoms with E-state index in [4.69, 9.17) is 5.11 Å². The van der Waals surface area contributed by atoms with Crippen LogP contribution >= 0.6 is 0 Å². The van der Waals surface area contributed by atoms with Crippen LogP contribution in [-0.2, 0) is 32.7 Å². The van der Waals surface area contributed by atoms with Crippen molar-refractivity contribution in [3.63, 3.8) is 0 Å². The van der Waals surface area contributed by atoms with Gasteiger partial charge >= 0.3 is 5.97 Å². The topological polar surface area (TPSA) is 55.1 Å². The molecular formula is C16H21N2O2Y-. The number of carboxylic acids is 1. The molecule has 0 bridgehead atoms. The van der Waals surface area contributed by atoms with Crippen LogP contribution in [0, 0.1) is 14.4 Å². The van der Waals surface area contributed by atoms with Gasteiger partial charge in [-0.3, -0.25) is 0 Å². The number of hydrogen-bond acceptors (Lipinski definition) is 2. The van der Waals surface area contributed by atoms with Crippen LogP contribution in [-0.4, -0.2) is 20.6 Å².